The predicted molar refractivity (Wildman–Crippen MR) is 144 cm³/mol. The number of aliphatic hydroxyl groups is 1. The number of nitrogens with zero attached hydrogens (tertiary/aromatic N) is 1. The summed E-state index contributed by atoms with van der Waals surface area (Å²) in [6.45, 7) is 5.30. The summed E-state index contributed by atoms with van der Waals surface area (Å²) >= 11 is 0. The summed E-state index contributed by atoms with van der Waals surface area (Å²) in [7, 11) is 0. The number of rotatable bonds is 7. The van der Waals surface area contributed by atoms with E-state index in [4.69, 9.17) is 9.47 Å². The normalized spacial score (nSPS) is 24.5. The lowest BCUT2D eigenvalue weighted by Crippen LogP contribution is -2.45. The third-order valence-corrected chi connectivity index (χ3v) is 7.46. The van der Waals surface area contributed by atoms with Gasteiger partial charge in [0.1, 0.15) is 0 Å². The molecule has 0 aromatic heterocycles. The second-order valence-corrected chi connectivity index (χ2v) is 10.1. The molecule has 1 amide bonds. The van der Waals surface area contributed by atoms with E-state index in [0.717, 1.165) is 36.3 Å². The van der Waals surface area contributed by atoms with Gasteiger partial charge in [0.15, 0.2) is 6.29 Å². The lowest BCUT2D eigenvalue weighted by molar-refractivity contribution is -0.276. The zero-order chi connectivity index (χ0) is 25.6. The smallest absolute Gasteiger partial charge is 0.255 e. The van der Waals surface area contributed by atoms with Crippen LogP contribution in [0.15, 0.2) is 78.9 Å². The van der Waals surface area contributed by atoms with Crippen LogP contribution >= 0.6 is 0 Å². The van der Waals surface area contributed by atoms with Gasteiger partial charge in [-0.2, -0.15) is 0 Å². The minimum absolute atomic E-state index is 0.00179. The van der Waals surface area contributed by atoms with Crippen LogP contribution in [0.4, 0.5) is 5.69 Å². The minimum Gasteiger partial charge on any atom is -0.392 e. The van der Waals surface area contributed by atoms with Gasteiger partial charge in [-0.15, -0.1) is 0 Å². The molecule has 0 aliphatic carbocycles. The molecule has 5 rings (SSSR count). The van der Waals surface area contributed by atoms with E-state index >= 15 is 0 Å². The molecular formula is C31H36N2O4. The maximum absolute atomic E-state index is 12.7. The molecule has 2 aliphatic rings. The third kappa shape index (κ3) is 6.28. The van der Waals surface area contributed by atoms with Crippen molar-refractivity contribution < 1.29 is 19.4 Å². The van der Waals surface area contributed by atoms with Crippen molar-refractivity contribution in [2.45, 2.75) is 51.3 Å². The molecule has 194 valence electrons. The van der Waals surface area contributed by atoms with Crippen molar-refractivity contribution in [3.05, 3.63) is 101 Å². The molecule has 2 heterocycles. The van der Waals surface area contributed by atoms with Gasteiger partial charge in [-0.3, -0.25) is 4.79 Å². The monoisotopic (exact) mass is 500 g/mol. The Morgan fingerprint density at radius 3 is 2.41 bits per heavy atom. The molecule has 0 bridgehead atoms. The fraction of sp³-hybridized carbons (Fsp3) is 0.387. The van der Waals surface area contributed by atoms with Crippen LogP contribution in [0.1, 0.15) is 65.6 Å². The number of anilines is 1. The standard InChI is InChI=1S/C31H36N2O4/c1-22-28(20-33-17-6-3-7-18-33)36-31(37-29(22)24-15-13-23(21-34)14-16-24)26-11-8-12-27(19-26)32-30(35)25-9-4-2-5-10-25/h2,4-5,8-16,19,22,28-29,31,34H,3,6-7,17-18,20-21H2,1H3,(H,32,35). The van der Waals surface area contributed by atoms with Crippen molar-refractivity contribution in [1.82, 2.24) is 4.90 Å². The van der Waals surface area contributed by atoms with Crippen LogP contribution in [0, 0.1) is 5.92 Å². The SMILES string of the molecule is CC1C(CN2CCCCC2)OC(c2cccc(NC(=O)c3ccccc3)c2)OC1c1ccc(CO)cc1. The van der Waals surface area contributed by atoms with Crippen LogP contribution in [-0.4, -0.2) is 41.7 Å². The van der Waals surface area contributed by atoms with Gasteiger partial charge >= 0.3 is 0 Å². The Hall–Kier alpha value is -3.03. The first kappa shape index (κ1) is 25.6. The highest BCUT2D eigenvalue weighted by molar-refractivity contribution is 6.04. The molecule has 2 fully saturated rings. The van der Waals surface area contributed by atoms with Crippen LogP contribution in [-0.2, 0) is 16.1 Å². The molecule has 2 saturated heterocycles. The number of hydrogen-bond acceptors (Lipinski definition) is 5. The van der Waals surface area contributed by atoms with Crippen molar-refractivity contribution in [3.8, 4) is 0 Å². The Balaban J connectivity index is 1.38. The van der Waals surface area contributed by atoms with Crippen LogP contribution in [0.2, 0.25) is 0 Å². The summed E-state index contributed by atoms with van der Waals surface area (Å²) in [5.74, 6) is 0.000738. The van der Waals surface area contributed by atoms with Crippen molar-refractivity contribution in [1.29, 1.82) is 0 Å². The summed E-state index contributed by atoms with van der Waals surface area (Å²) in [5, 5.41) is 12.5. The zero-order valence-corrected chi connectivity index (χ0v) is 21.4. The second-order valence-electron chi connectivity index (χ2n) is 10.1. The van der Waals surface area contributed by atoms with Crippen molar-refractivity contribution in [3.63, 3.8) is 0 Å². The topological polar surface area (TPSA) is 71.0 Å². The maximum Gasteiger partial charge on any atom is 0.255 e. The zero-order valence-electron chi connectivity index (χ0n) is 21.4. The number of benzene rings is 3. The Bertz CT molecular complexity index is 1160. The minimum atomic E-state index is -0.554. The van der Waals surface area contributed by atoms with E-state index in [1.165, 1.54) is 19.3 Å². The van der Waals surface area contributed by atoms with E-state index < -0.39 is 6.29 Å². The fourth-order valence-corrected chi connectivity index (χ4v) is 5.28. The fourth-order valence-electron chi connectivity index (χ4n) is 5.28. The van der Waals surface area contributed by atoms with Gasteiger partial charge in [-0.1, -0.05) is 67.9 Å². The van der Waals surface area contributed by atoms with Crippen molar-refractivity contribution in [2.24, 2.45) is 5.92 Å². The summed E-state index contributed by atoms with van der Waals surface area (Å²) in [4.78, 5) is 15.2. The average Bonchev–Trinajstić information content (AvgIpc) is 2.95. The first-order valence-corrected chi connectivity index (χ1v) is 13.3. The number of carbonyl (C=O) groups is 1. The molecule has 0 spiro atoms. The largest absolute Gasteiger partial charge is 0.392 e. The number of likely N-dealkylation sites (tertiary alicyclic amines) is 1. The van der Waals surface area contributed by atoms with E-state index in [2.05, 4.69) is 17.1 Å². The quantitative estimate of drug-likeness (QED) is 0.435. The van der Waals surface area contributed by atoms with Gasteiger partial charge in [-0.25, -0.2) is 0 Å². The number of hydrogen-bond donors (Lipinski definition) is 2. The molecule has 4 atom stereocenters. The van der Waals surface area contributed by atoms with E-state index in [0.29, 0.717) is 11.3 Å². The molecule has 2 N–H and O–H groups in total. The van der Waals surface area contributed by atoms with Crippen LogP contribution < -0.4 is 5.32 Å². The first-order valence-electron chi connectivity index (χ1n) is 13.3. The lowest BCUT2D eigenvalue weighted by atomic mass is 9.89. The Morgan fingerprint density at radius 1 is 0.919 bits per heavy atom. The molecule has 37 heavy (non-hydrogen) atoms. The van der Waals surface area contributed by atoms with Crippen molar-refractivity contribution in [2.75, 3.05) is 25.0 Å². The number of aliphatic hydroxyl groups excluding tert-OH is 1. The number of nitrogens with one attached hydrogen (secondary N) is 1. The van der Waals surface area contributed by atoms with Crippen molar-refractivity contribution >= 4 is 11.6 Å². The van der Waals surface area contributed by atoms with Crippen LogP contribution in [0.3, 0.4) is 0 Å². The lowest BCUT2D eigenvalue weighted by Gasteiger charge is -2.43. The highest BCUT2D eigenvalue weighted by atomic mass is 16.7. The van der Waals surface area contributed by atoms with Crippen LogP contribution in [0.25, 0.3) is 0 Å². The van der Waals surface area contributed by atoms with Gasteiger partial charge < -0.3 is 24.8 Å². The molecule has 4 unspecified atom stereocenters. The van der Waals surface area contributed by atoms with E-state index in [1.54, 1.807) is 12.1 Å². The summed E-state index contributed by atoms with van der Waals surface area (Å²) < 4.78 is 13.2. The Kier molecular flexibility index (Phi) is 8.31. The van der Waals surface area contributed by atoms with Crippen LogP contribution in [0.5, 0.6) is 0 Å². The van der Waals surface area contributed by atoms with E-state index in [1.807, 2.05) is 66.7 Å². The molecule has 6 nitrogen and oxygen atoms in total. The molecular weight excluding hydrogens is 464 g/mol. The average molecular weight is 501 g/mol. The molecule has 0 radical (unpaired) electrons. The van der Waals surface area contributed by atoms with Gasteiger partial charge in [0.05, 0.1) is 18.8 Å². The summed E-state index contributed by atoms with van der Waals surface area (Å²) in [6, 6.07) is 24.9. The third-order valence-electron chi connectivity index (χ3n) is 7.46. The number of carbonyl (C=O) groups excluding carboxylic acids is 1. The second kappa shape index (κ2) is 12.0. The van der Waals surface area contributed by atoms with E-state index in [-0.39, 0.29) is 30.6 Å². The van der Waals surface area contributed by atoms with Gasteiger partial charge in [0.25, 0.3) is 5.91 Å². The molecule has 3 aromatic rings. The molecule has 0 saturated carbocycles. The Labute approximate surface area is 219 Å². The number of piperidine rings is 1. The molecule has 2 aliphatic heterocycles. The Morgan fingerprint density at radius 2 is 1.68 bits per heavy atom. The van der Waals surface area contributed by atoms with E-state index in [9.17, 15) is 9.90 Å². The predicted octanol–water partition coefficient (Wildman–Crippen LogP) is 5.71. The number of ether oxygens (including phenoxy) is 2. The highest BCUT2D eigenvalue weighted by Crippen LogP contribution is 2.42. The molecule has 3 aromatic carbocycles. The summed E-state index contributed by atoms with van der Waals surface area (Å²) in [5.41, 5.74) is 4.15. The first-order chi connectivity index (χ1) is 18.1. The highest BCUT2D eigenvalue weighted by Gasteiger charge is 2.39. The van der Waals surface area contributed by atoms with Gasteiger partial charge in [0, 0.05) is 29.3 Å². The molecule has 6 heteroatoms. The number of amides is 1. The van der Waals surface area contributed by atoms with Gasteiger partial charge in [-0.05, 0) is 61.3 Å². The summed E-state index contributed by atoms with van der Waals surface area (Å²) in [6.07, 6.45) is 3.06. The van der Waals surface area contributed by atoms with Gasteiger partial charge in [0.2, 0.25) is 0 Å². The maximum atomic E-state index is 12.7.